The second kappa shape index (κ2) is 6.20. The molecule has 0 spiro atoms. The van der Waals surface area contributed by atoms with Gasteiger partial charge < -0.3 is 9.55 Å². The summed E-state index contributed by atoms with van der Waals surface area (Å²) in [4.78, 5) is 22.0. The number of nitrogens with zero attached hydrogens (tertiary/aromatic N) is 5. The number of rotatable bonds is 4. The molecule has 4 aromatic rings. The van der Waals surface area contributed by atoms with Crippen molar-refractivity contribution in [3.8, 4) is 11.3 Å². The summed E-state index contributed by atoms with van der Waals surface area (Å²) < 4.78 is 2.17. The molecule has 4 heterocycles. The number of imidazole rings is 1. The molecule has 0 bridgehead atoms. The Bertz CT molecular complexity index is 1090. The van der Waals surface area contributed by atoms with E-state index in [1.54, 1.807) is 0 Å². The minimum Gasteiger partial charge on any atom is -0.345 e. The van der Waals surface area contributed by atoms with E-state index in [-0.39, 0.29) is 0 Å². The molecule has 0 saturated carbocycles. The Morgan fingerprint density at radius 3 is 2.62 bits per heavy atom. The van der Waals surface area contributed by atoms with E-state index in [4.69, 9.17) is 4.98 Å². The first kappa shape index (κ1) is 16.7. The summed E-state index contributed by atoms with van der Waals surface area (Å²) in [6.07, 6.45) is 4.75. The molecule has 0 amide bonds. The molecule has 0 saturated heterocycles. The summed E-state index contributed by atoms with van der Waals surface area (Å²) >= 11 is 0. The predicted molar refractivity (Wildman–Crippen MR) is 104 cm³/mol. The van der Waals surface area contributed by atoms with Crippen LogP contribution in [-0.4, -0.2) is 29.5 Å². The molecule has 0 atom stereocenters. The third-order valence-corrected chi connectivity index (χ3v) is 4.58. The molecule has 4 rings (SSSR count). The van der Waals surface area contributed by atoms with Crippen molar-refractivity contribution < 1.29 is 0 Å². The molecule has 6 nitrogen and oxygen atoms in total. The van der Waals surface area contributed by atoms with Gasteiger partial charge in [-0.3, -0.25) is 0 Å². The lowest BCUT2D eigenvalue weighted by atomic mass is 10.1. The average Bonchev–Trinajstić information content (AvgIpc) is 3.12. The van der Waals surface area contributed by atoms with Gasteiger partial charge >= 0.3 is 0 Å². The van der Waals surface area contributed by atoms with Crippen LogP contribution >= 0.6 is 0 Å². The second-order valence-corrected chi connectivity index (χ2v) is 7.51. The van der Waals surface area contributed by atoms with E-state index >= 15 is 0 Å². The Hall–Kier alpha value is -2.76. The van der Waals surface area contributed by atoms with Gasteiger partial charge in [0.2, 0.25) is 0 Å². The second-order valence-electron chi connectivity index (χ2n) is 7.51. The number of fused-ring (bicyclic) bond motifs is 2. The quantitative estimate of drug-likeness (QED) is 0.591. The van der Waals surface area contributed by atoms with Crippen LogP contribution in [0.3, 0.4) is 0 Å². The van der Waals surface area contributed by atoms with Gasteiger partial charge in [0.1, 0.15) is 22.8 Å². The molecule has 0 aliphatic rings. The van der Waals surface area contributed by atoms with Crippen molar-refractivity contribution >= 4 is 22.2 Å². The number of hydrogen-bond acceptors (Lipinski definition) is 4. The fourth-order valence-electron chi connectivity index (χ4n) is 3.47. The third-order valence-electron chi connectivity index (χ3n) is 4.58. The zero-order chi connectivity index (χ0) is 18.4. The van der Waals surface area contributed by atoms with E-state index in [0.717, 1.165) is 51.5 Å². The zero-order valence-corrected chi connectivity index (χ0v) is 15.9. The molecule has 6 heteroatoms. The molecule has 134 valence electrons. The van der Waals surface area contributed by atoms with Gasteiger partial charge in [0, 0.05) is 35.8 Å². The maximum atomic E-state index is 4.91. The van der Waals surface area contributed by atoms with Gasteiger partial charge in [0.25, 0.3) is 0 Å². The summed E-state index contributed by atoms with van der Waals surface area (Å²) in [5, 5.41) is 0.997. The molecular formula is C20H24N6. The minimum absolute atomic E-state index is 0.313. The van der Waals surface area contributed by atoms with Gasteiger partial charge in [-0.2, -0.15) is 0 Å². The van der Waals surface area contributed by atoms with Crippen molar-refractivity contribution in [1.82, 2.24) is 29.5 Å². The number of H-pyrrole nitrogens is 1. The van der Waals surface area contributed by atoms with Gasteiger partial charge in [0.15, 0.2) is 5.65 Å². The van der Waals surface area contributed by atoms with Crippen LogP contribution in [-0.2, 0) is 6.42 Å². The molecule has 26 heavy (non-hydrogen) atoms. The van der Waals surface area contributed by atoms with Gasteiger partial charge in [-0.1, -0.05) is 13.8 Å². The third kappa shape index (κ3) is 2.75. The lowest BCUT2D eigenvalue weighted by Gasteiger charge is -2.10. The van der Waals surface area contributed by atoms with Crippen molar-refractivity contribution in [3.63, 3.8) is 0 Å². The van der Waals surface area contributed by atoms with Crippen molar-refractivity contribution in [2.75, 3.05) is 0 Å². The zero-order valence-electron chi connectivity index (χ0n) is 15.9. The maximum Gasteiger partial charge on any atom is 0.160 e. The summed E-state index contributed by atoms with van der Waals surface area (Å²) in [6.45, 7) is 10.7. The van der Waals surface area contributed by atoms with Crippen LogP contribution in [0.15, 0.2) is 24.5 Å². The lowest BCUT2D eigenvalue weighted by Crippen LogP contribution is -2.04. The normalized spacial score (nSPS) is 12.1. The Balaban J connectivity index is 1.83. The molecule has 0 aromatic carbocycles. The predicted octanol–water partition coefficient (Wildman–Crippen LogP) is 4.46. The fraction of sp³-hybridized carbons (Fsp3) is 0.400. The standard InChI is InChI=1S/C20H24N6/c1-11(2)8-18-21-10-15-14(9-22-19(15)25-18)16-6-7-17-20(24-16)26(12(3)4)13(5)23-17/h6-7,9-12H,8H2,1-5H3,(H,21,22,25). The number of hydrogen-bond donors (Lipinski definition) is 1. The first-order chi connectivity index (χ1) is 12.4. The van der Waals surface area contributed by atoms with Crippen LogP contribution in [0.1, 0.15) is 45.4 Å². The monoisotopic (exact) mass is 348 g/mol. The fourth-order valence-corrected chi connectivity index (χ4v) is 3.47. The number of aromatic amines is 1. The number of nitrogens with one attached hydrogen (secondary N) is 1. The van der Waals surface area contributed by atoms with E-state index in [2.05, 4.69) is 52.2 Å². The maximum absolute atomic E-state index is 4.91. The van der Waals surface area contributed by atoms with Gasteiger partial charge in [-0.25, -0.2) is 19.9 Å². The number of pyridine rings is 1. The topological polar surface area (TPSA) is 72.3 Å². The Morgan fingerprint density at radius 2 is 1.88 bits per heavy atom. The van der Waals surface area contributed by atoms with E-state index in [1.165, 1.54) is 0 Å². The highest BCUT2D eigenvalue weighted by molar-refractivity contribution is 5.93. The van der Waals surface area contributed by atoms with Crippen LogP contribution in [0.2, 0.25) is 0 Å². The van der Waals surface area contributed by atoms with Crippen LogP contribution in [0, 0.1) is 12.8 Å². The summed E-state index contributed by atoms with van der Waals surface area (Å²) in [5.74, 6) is 2.39. The molecule has 1 N–H and O–H groups in total. The molecule has 0 fully saturated rings. The number of aromatic nitrogens is 6. The molecule has 0 aliphatic carbocycles. The van der Waals surface area contributed by atoms with Crippen molar-refractivity contribution in [1.29, 1.82) is 0 Å². The summed E-state index contributed by atoms with van der Waals surface area (Å²) in [7, 11) is 0. The van der Waals surface area contributed by atoms with E-state index in [1.807, 2.05) is 31.5 Å². The highest BCUT2D eigenvalue weighted by atomic mass is 15.1. The van der Waals surface area contributed by atoms with Crippen molar-refractivity contribution in [3.05, 3.63) is 36.2 Å². The molecular weight excluding hydrogens is 324 g/mol. The first-order valence-electron chi connectivity index (χ1n) is 9.13. The lowest BCUT2D eigenvalue weighted by molar-refractivity contribution is 0.595. The van der Waals surface area contributed by atoms with E-state index in [0.29, 0.717) is 12.0 Å². The Labute approximate surface area is 152 Å². The van der Waals surface area contributed by atoms with Gasteiger partial charge in [0.05, 0.1) is 5.69 Å². The molecule has 0 aliphatic heterocycles. The van der Waals surface area contributed by atoms with Crippen LogP contribution in [0.4, 0.5) is 0 Å². The van der Waals surface area contributed by atoms with Crippen LogP contribution < -0.4 is 0 Å². The molecule has 0 radical (unpaired) electrons. The highest BCUT2D eigenvalue weighted by Crippen LogP contribution is 2.28. The van der Waals surface area contributed by atoms with Crippen LogP contribution in [0.5, 0.6) is 0 Å². The summed E-state index contributed by atoms with van der Waals surface area (Å²) in [5.41, 5.74) is 4.64. The molecule has 4 aromatic heterocycles. The van der Waals surface area contributed by atoms with Crippen LogP contribution in [0.25, 0.3) is 33.5 Å². The average molecular weight is 348 g/mol. The van der Waals surface area contributed by atoms with Crippen molar-refractivity contribution in [2.24, 2.45) is 5.92 Å². The smallest absolute Gasteiger partial charge is 0.160 e. The van der Waals surface area contributed by atoms with Crippen molar-refractivity contribution in [2.45, 2.75) is 47.1 Å². The highest BCUT2D eigenvalue weighted by Gasteiger charge is 2.15. The van der Waals surface area contributed by atoms with E-state index in [9.17, 15) is 0 Å². The van der Waals surface area contributed by atoms with Gasteiger partial charge in [-0.05, 0) is 38.8 Å². The largest absolute Gasteiger partial charge is 0.345 e. The minimum atomic E-state index is 0.313. The SMILES string of the molecule is Cc1nc2ccc(-c3c[nH]c4nc(CC(C)C)ncc34)nc2n1C(C)C. The first-order valence-corrected chi connectivity index (χ1v) is 9.13. The van der Waals surface area contributed by atoms with Gasteiger partial charge in [-0.15, -0.1) is 0 Å². The summed E-state index contributed by atoms with van der Waals surface area (Å²) in [6, 6.07) is 4.37. The Morgan fingerprint density at radius 1 is 1.08 bits per heavy atom. The van der Waals surface area contributed by atoms with E-state index < -0.39 is 0 Å². The number of aryl methyl sites for hydroxylation is 1. The molecule has 0 unspecified atom stereocenters. The Kier molecular flexibility index (Phi) is 3.98.